The Balaban J connectivity index is 0.00000211. The number of rotatable bonds is 4. The fourth-order valence-corrected chi connectivity index (χ4v) is 1.71. The van der Waals surface area contributed by atoms with Crippen LogP contribution in [-0.2, 0) is 0 Å². The zero-order valence-corrected chi connectivity index (χ0v) is 13.8. The minimum atomic E-state index is -4.68. The van der Waals surface area contributed by atoms with Crippen molar-refractivity contribution in [2.45, 2.75) is 41.0 Å². The van der Waals surface area contributed by atoms with E-state index < -0.39 is 6.36 Å². The Morgan fingerprint density at radius 3 is 2.05 bits per heavy atom. The van der Waals surface area contributed by atoms with E-state index in [2.05, 4.69) is 17.9 Å². The summed E-state index contributed by atoms with van der Waals surface area (Å²) in [6.45, 7) is 16.8. The smallest absolute Gasteiger partial charge is 0.406 e. The molecule has 1 nitrogen and oxygen atoms in total. The minimum absolute atomic E-state index is 0.185. The largest absolute Gasteiger partial charge is 0.573 e. The van der Waals surface area contributed by atoms with E-state index in [-0.39, 0.29) is 5.75 Å². The lowest BCUT2D eigenvalue weighted by Gasteiger charge is -2.15. The van der Waals surface area contributed by atoms with Crippen molar-refractivity contribution in [3.8, 4) is 5.75 Å². The third-order valence-electron chi connectivity index (χ3n) is 2.88. The van der Waals surface area contributed by atoms with Gasteiger partial charge in [0.1, 0.15) is 5.75 Å². The van der Waals surface area contributed by atoms with Crippen molar-refractivity contribution in [2.75, 3.05) is 0 Å². The zero-order valence-electron chi connectivity index (χ0n) is 13.8. The molecule has 0 N–H and O–H groups in total. The number of halogens is 3. The average molecular weight is 312 g/mol. The predicted octanol–water partition coefficient (Wildman–Crippen LogP) is 6.37. The molecule has 1 aromatic carbocycles. The molecular formula is C18H23F3O. The van der Waals surface area contributed by atoms with Gasteiger partial charge in [-0.15, -0.1) is 13.2 Å². The highest BCUT2D eigenvalue weighted by molar-refractivity contribution is 5.76. The fraction of sp³-hybridized carbons (Fsp3) is 0.333. The first-order valence-electron chi connectivity index (χ1n) is 7.00. The van der Waals surface area contributed by atoms with Crippen molar-refractivity contribution in [1.29, 1.82) is 0 Å². The molecule has 0 saturated heterocycles. The molecule has 0 saturated carbocycles. The van der Waals surface area contributed by atoms with E-state index in [0.717, 1.165) is 11.1 Å². The molecule has 1 aromatic rings. The van der Waals surface area contributed by atoms with E-state index in [1.54, 1.807) is 32.1 Å². The molecule has 0 unspecified atom stereocenters. The molecule has 0 aliphatic carbocycles. The summed E-state index contributed by atoms with van der Waals surface area (Å²) < 4.78 is 40.8. The predicted molar refractivity (Wildman–Crippen MR) is 86.9 cm³/mol. The molecule has 4 heteroatoms. The molecule has 0 aliphatic heterocycles. The van der Waals surface area contributed by atoms with Crippen molar-refractivity contribution in [3.05, 3.63) is 59.7 Å². The lowest BCUT2D eigenvalue weighted by molar-refractivity contribution is -0.274. The van der Waals surface area contributed by atoms with Crippen LogP contribution in [-0.4, -0.2) is 6.36 Å². The van der Waals surface area contributed by atoms with E-state index in [1.165, 1.54) is 6.07 Å². The van der Waals surface area contributed by atoms with Gasteiger partial charge in [-0.1, -0.05) is 50.8 Å². The van der Waals surface area contributed by atoms with Gasteiger partial charge >= 0.3 is 6.36 Å². The SMILES string of the molecule is C=C(C)/C=C\C(=C)c1ccc(OC(F)(F)F)c(C)c1C.CC. The summed E-state index contributed by atoms with van der Waals surface area (Å²) in [7, 11) is 0. The van der Waals surface area contributed by atoms with Crippen LogP contribution in [0.1, 0.15) is 37.5 Å². The number of ether oxygens (including phenoxy) is 1. The van der Waals surface area contributed by atoms with Crippen LogP contribution in [0.4, 0.5) is 13.2 Å². The number of allylic oxidation sites excluding steroid dienone is 4. The molecule has 0 heterocycles. The van der Waals surface area contributed by atoms with Crippen LogP contribution in [0.15, 0.2) is 43.0 Å². The normalized spacial score (nSPS) is 10.9. The van der Waals surface area contributed by atoms with Gasteiger partial charge in [-0.2, -0.15) is 0 Å². The van der Waals surface area contributed by atoms with Gasteiger partial charge in [0.05, 0.1) is 0 Å². The van der Waals surface area contributed by atoms with Crippen molar-refractivity contribution in [2.24, 2.45) is 0 Å². The van der Waals surface area contributed by atoms with Gasteiger partial charge in [0.2, 0.25) is 0 Å². The Labute approximate surface area is 130 Å². The highest BCUT2D eigenvalue weighted by Crippen LogP contribution is 2.32. The summed E-state index contributed by atoms with van der Waals surface area (Å²) in [5.74, 6) is -0.185. The van der Waals surface area contributed by atoms with Crippen molar-refractivity contribution in [3.63, 3.8) is 0 Å². The Kier molecular flexibility index (Phi) is 7.71. The third-order valence-corrected chi connectivity index (χ3v) is 2.88. The Hall–Kier alpha value is -1.97. The van der Waals surface area contributed by atoms with Gasteiger partial charge in [-0.3, -0.25) is 0 Å². The van der Waals surface area contributed by atoms with Gasteiger partial charge in [0, 0.05) is 0 Å². The van der Waals surface area contributed by atoms with Crippen LogP contribution in [0, 0.1) is 13.8 Å². The van der Waals surface area contributed by atoms with Gasteiger partial charge in [-0.25, -0.2) is 0 Å². The maximum Gasteiger partial charge on any atom is 0.573 e. The van der Waals surface area contributed by atoms with E-state index in [9.17, 15) is 13.2 Å². The average Bonchev–Trinajstić information content (AvgIpc) is 2.42. The van der Waals surface area contributed by atoms with Crippen LogP contribution in [0.2, 0.25) is 0 Å². The van der Waals surface area contributed by atoms with Crippen LogP contribution < -0.4 is 4.74 Å². The van der Waals surface area contributed by atoms with E-state index >= 15 is 0 Å². The Morgan fingerprint density at radius 2 is 1.59 bits per heavy atom. The molecule has 0 aliphatic rings. The lowest BCUT2D eigenvalue weighted by Crippen LogP contribution is -2.18. The van der Waals surface area contributed by atoms with Crippen molar-refractivity contribution >= 4 is 5.57 Å². The third kappa shape index (κ3) is 6.20. The first-order chi connectivity index (χ1) is 10.1. The molecule has 1 rings (SSSR count). The molecular weight excluding hydrogens is 289 g/mol. The summed E-state index contributed by atoms with van der Waals surface area (Å²) in [6, 6.07) is 2.89. The van der Waals surface area contributed by atoms with Gasteiger partial charge in [0.25, 0.3) is 0 Å². The maximum atomic E-state index is 12.3. The molecule has 0 aromatic heterocycles. The standard InChI is InChI=1S/C16H17F3O.C2H6/c1-10(2)6-7-11(3)14-8-9-15(13(5)12(14)4)20-16(17,18)19;1-2/h6-9H,1,3H2,2,4-5H3;1-2H3/b7-6-;. The zero-order chi connectivity index (χ0) is 17.5. The number of hydrogen-bond acceptors (Lipinski definition) is 1. The molecule has 122 valence electrons. The quantitative estimate of drug-likeness (QED) is 0.587. The maximum absolute atomic E-state index is 12.3. The lowest BCUT2D eigenvalue weighted by atomic mass is 9.96. The highest BCUT2D eigenvalue weighted by atomic mass is 19.4. The van der Waals surface area contributed by atoms with Crippen LogP contribution in [0.5, 0.6) is 5.75 Å². The number of alkyl halides is 3. The molecule has 0 spiro atoms. The number of benzene rings is 1. The molecule has 0 atom stereocenters. The summed E-state index contributed by atoms with van der Waals surface area (Å²) >= 11 is 0. The number of hydrogen-bond donors (Lipinski definition) is 0. The van der Waals surface area contributed by atoms with E-state index in [4.69, 9.17) is 0 Å². The summed E-state index contributed by atoms with van der Waals surface area (Å²) in [5, 5.41) is 0. The Bertz CT molecular complexity index is 566. The summed E-state index contributed by atoms with van der Waals surface area (Å²) in [5.41, 5.74) is 3.53. The second-order valence-electron chi connectivity index (χ2n) is 4.61. The second kappa shape index (κ2) is 8.47. The molecule has 0 radical (unpaired) electrons. The molecule has 0 amide bonds. The highest BCUT2D eigenvalue weighted by Gasteiger charge is 2.32. The minimum Gasteiger partial charge on any atom is -0.406 e. The second-order valence-corrected chi connectivity index (χ2v) is 4.61. The summed E-state index contributed by atoms with van der Waals surface area (Å²) in [4.78, 5) is 0. The molecule has 0 fully saturated rings. The van der Waals surface area contributed by atoms with E-state index in [1.807, 2.05) is 20.8 Å². The Morgan fingerprint density at radius 1 is 1.05 bits per heavy atom. The summed E-state index contributed by atoms with van der Waals surface area (Å²) in [6.07, 6.45) is -1.10. The molecule has 0 bridgehead atoms. The monoisotopic (exact) mass is 312 g/mol. The topological polar surface area (TPSA) is 9.23 Å². The fourth-order valence-electron chi connectivity index (χ4n) is 1.71. The van der Waals surface area contributed by atoms with Crippen molar-refractivity contribution < 1.29 is 17.9 Å². The first-order valence-corrected chi connectivity index (χ1v) is 7.00. The first kappa shape index (κ1) is 20.0. The van der Waals surface area contributed by atoms with Gasteiger partial charge in [0.15, 0.2) is 0 Å². The van der Waals surface area contributed by atoms with Gasteiger partial charge in [-0.05, 0) is 49.1 Å². The van der Waals surface area contributed by atoms with E-state index in [0.29, 0.717) is 16.7 Å². The van der Waals surface area contributed by atoms with Crippen molar-refractivity contribution in [1.82, 2.24) is 0 Å². The molecule has 22 heavy (non-hydrogen) atoms. The van der Waals surface area contributed by atoms with Crippen LogP contribution >= 0.6 is 0 Å². The van der Waals surface area contributed by atoms with Crippen LogP contribution in [0.25, 0.3) is 5.57 Å². The van der Waals surface area contributed by atoms with Gasteiger partial charge < -0.3 is 4.74 Å². The van der Waals surface area contributed by atoms with Crippen LogP contribution in [0.3, 0.4) is 0 Å².